The van der Waals surface area contributed by atoms with Crippen molar-refractivity contribution in [2.24, 2.45) is 0 Å². The van der Waals surface area contributed by atoms with E-state index in [1.165, 1.54) is 0 Å². The molecule has 1 N–H and O–H groups in total. The standard InChI is InChI=1S/C21H21ClN4O2/c22-18-6-3-5-16(14-18)21(28)26-12-10-25(11-13-26)9-8-20(27)24-19-7-2-1-4-17(19)15-23/h1-7,14H,8-13H2,(H,24,27). The summed E-state index contributed by atoms with van der Waals surface area (Å²) in [5.41, 5.74) is 1.58. The van der Waals surface area contributed by atoms with Crippen molar-refractivity contribution in [1.82, 2.24) is 9.80 Å². The summed E-state index contributed by atoms with van der Waals surface area (Å²) in [7, 11) is 0. The molecule has 0 bridgehead atoms. The molecule has 0 saturated carbocycles. The summed E-state index contributed by atoms with van der Waals surface area (Å²) in [6, 6.07) is 16.0. The lowest BCUT2D eigenvalue weighted by Gasteiger charge is -2.34. The number of carbonyl (C=O) groups is 2. The maximum Gasteiger partial charge on any atom is 0.253 e. The molecule has 1 saturated heterocycles. The molecule has 144 valence electrons. The zero-order chi connectivity index (χ0) is 19.9. The van der Waals surface area contributed by atoms with E-state index in [0.29, 0.717) is 61.0 Å². The third kappa shape index (κ3) is 5.10. The zero-order valence-corrected chi connectivity index (χ0v) is 16.2. The number of para-hydroxylation sites is 1. The van der Waals surface area contributed by atoms with Crippen molar-refractivity contribution in [3.05, 3.63) is 64.7 Å². The quantitative estimate of drug-likeness (QED) is 0.842. The fraction of sp³-hybridized carbons (Fsp3) is 0.286. The highest BCUT2D eigenvalue weighted by molar-refractivity contribution is 6.30. The van der Waals surface area contributed by atoms with Gasteiger partial charge in [0.25, 0.3) is 5.91 Å². The third-order valence-electron chi connectivity index (χ3n) is 4.71. The first-order chi connectivity index (χ1) is 13.6. The highest BCUT2D eigenvalue weighted by Gasteiger charge is 2.22. The number of rotatable bonds is 5. The van der Waals surface area contributed by atoms with Gasteiger partial charge in [0.05, 0.1) is 11.3 Å². The number of hydrogen-bond donors (Lipinski definition) is 1. The Morgan fingerprint density at radius 2 is 1.82 bits per heavy atom. The van der Waals surface area contributed by atoms with Crippen LogP contribution in [0.3, 0.4) is 0 Å². The topological polar surface area (TPSA) is 76.4 Å². The molecule has 1 aliphatic heterocycles. The molecule has 0 aliphatic carbocycles. The Morgan fingerprint density at radius 1 is 1.07 bits per heavy atom. The molecular formula is C21H21ClN4O2. The molecule has 6 nitrogen and oxygen atoms in total. The van der Waals surface area contributed by atoms with Crippen molar-refractivity contribution in [3.8, 4) is 6.07 Å². The van der Waals surface area contributed by atoms with E-state index in [1.54, 1.807) is 48.5 Å². The van der Waals surface area contributed by atoms with E-state index in [2.05, 4.69) is 16.3 Å². The Bertz CT molecular complexity index is 901. The number of nitrogens with one attached hydrogen (secondary N) is 1. The summed E-state index contributed by atoms with van der Waals surface area (Å²) in [5, 5.41) is 12.4. The predicted molar refractivity (Wildman–Crippen MR) is 108 cm³/mol. The lowest BCUT2D eigenvalue weighted by molar-refractivity contribution is -0.116. The smallest absolute Gasteiger partial charge is 0.253 e. The van der Waals surface area contributed by atoms with Gasteiger partial charge in [-0.1, -0.05) is 29.8 Å². The first-order valence-corrected chi connectivity index (χ1v) is 9.51. The van der Waals surface area contributed by atoms with Gasteiger partial charge in [-0.3, -0.25) is 14.5 Å². The molecule has 3 rings (SSSR count). The summed E-state index contributed by atoms with van der Waals surface area (Å²) >= 11 is 5.96. The summed E-state index contributed by atoms with van der Waals surface area (Å²) < 4.78 is 0. The van der Waals surface area contributed by atoms with Crippen molar-refractivity contribution in [2.45, 2.75) is 6.42 Å². The normalized spacial score (nSPS) is 14.4. The van der Waals surface area contributed by atoms with Crippen molar-refractivity contribution in [1.29, 1.82) is 5.26 Å². The molecule has 28 heavy (non-hydrogen) atoms. The largest absolute Gasteiger partial charge is 0.336 e. The Hall–Kier alpha value is -2.88. The van der Waals surface area contributed by atoms with Crippen molar-refractivity contribution in [2.75, 3.05) is 38.0 Å². The molecule has 2 aromatic rings. The first-order valence-electron chi connectivity index (χ1n) is 9.13. The number of nitriles is 1. The Kier molecular flexibility index (Phi) is 6.64. The summed E-state index contributed by atoms with van der Waals surface area (Å²) in [6.45, 7) is 3.27. The molecule has 1 aliphatic rings. The number of nitrogens with zero attached hydrogens (tertiary/aromatic N) is 3. The number of piperazine rings is 1. The van der Waals surface area contributed by atoms with Gasteiger partial charge >= 0.3 is 0 Å². The van der Waals surface area contributed by atoms with E-state index in [-0.39, 0.29) is 11.8 Å². The van der Waals surface area contributed by atoms with Crippen molar-refractivity contribution >= 4 is 29.1 Å². The van der Waals surface area contributed by atoms with Gasteiger partial charge in [-0.25, -0.2) is 0 Å². The Labute approximate surface area is 169 Å². The summed E-state index contributed by atoms with van der Waals surface area (Å²) in [4.78, 5) is 28.7. The van der Waals surface area contributed by atoms with E-state index in [1.807, 2.05) is 4.90 Å². The summed E-state index contributed by atoms with van der Waals surface area (Å²) in [5.74, 6) is -0.145. The lowest BCUT2D eigenvalue weighted by Crippen LogP contribution is -2.49. The van der Waals surface area contributed by atoms with Crippen LogP contribution in [0, 0.1) is 11.3 Å². The number of benzene rings is 2. The monoisotopic (exact) mass is 396 g/mol. The number of anilines is 1. The number of hydrogen-bond acceptors (Lipinski definition) is 4. The summed E-state index contributed by atoms with van der Waals surface area (Å²) in [6.07, 6.45) is 0.335. The van der Waals surface area contributed by atoms with Crippen molar-refractivity contribution < 1.29 is 9.59 Å². The second-order valence-corrected chi connectivity index (χ2v) is 7.04. The van der Waals surface area contributed by atoms with Crippen molar-refractivity contribution in [3.63, 3.8) is 0 Å². The van der Waals surface area contributed by atoms with E-state index < -0.39 is 0 Å². The highest BCUT2D eigenvalue weighted by Crippen LogP contribution is 2.15. The van der Waals surface area contributed by atoms with Crippen LogP contribution in [0.25, 0.3) is 0 Å². The van der Waals surface area contributed by atoms with Crippen LogP contribution >= 0.6 is 11.6 Å². The number of halogens is 1. The van der Waals surface area contributed by atoms with Gasteiger partial charge in [-0.05, 0) is 30.3 Å². The van der Waals surface area contributed by atoms with Gasteiger partial charge in [0.1, 0.15) is 6.07 Å². The highest BCUT2D eigenvalue weighted by atomic mass is 35.5. The Balaban J connectivity index is 1.45. The SMILES string of the molecule is N#Cc1ccccc1NC(=O)CCN1CCN(C(=O)c2cccc(Cl)c2)CC1. The predicted octanol–water partition coefficient (Wildman–Crippen LogP) is 3.00. The molecule has 2 amide bonds. The van der Waals surface area contributed by atoms with E-state index in [0.717, 1.165) is 0 Å². The molecule has 0 aromatic heterocycles. The minimum Gasteiger partial charge on any atom is -0.336 e. The minimum atomic E-state index is -0.125. The van der Waals surface area contributed by atoms with Crippen LogP contribution in [0.2, 0.25) is 5.02 Å². The average molecular weight is 397 g/mol. The molecule has 0 atom stereocenters. The molecule has 7 heteroatoms. The van der Waals surface area contributed by atoms with Crippen LogP contribution in [0.4, 0.5) is 5.69 Å². The second-order valence-electron chi connectivity index (χ2n) is 6.60. The van der Waals surface area contributed by atoms with Gasteiger partial charge in [0.15, 0.2) is 0 Å². The zero-order valence-electron chi connectivity index (χ0n) is 15.4. The fourth-order valence-electron chi connectivity index (χ4n) is 3.14. The van der Waals surface area contributed by atoms with Gasteiger partial charge in [0, 0.05) is 49.7 Å². The van der Waals surface area contributed by atoms with E-state index in [9.17, 15) is 9.59 Å². The fourth-order valence-corrected chi connectivity index (χ4v) is 3.33. The molecule has 0 unspecified atom stereocenters. The van der Waals surface area contributed by atoms with Crippen LogP contribution in [-0.4, -0.2) is 54.3 Å². The number of carbonyl (C=O) groups excluding carboxylic acids is 2. The van der Waals surface area contributed by atoms with E-state index in [4.69, 9.17) is 16.9 Å². The van der Waals surface area contributed by atoms with Crippen LogP contribution in [0.15, 0.2) is 48.5 Å². The van der Waals surface area contributed by atoms with Gasteiger partial charge in [-0.2, -0.15) is 5.26 Å². The second kappa shape index (κ2) is 9.36. The van der Waals surface area contributed by atoms with E-state index >= 15 is 0 Å². The molecular weight excluding hydrogens is 376 g/mol. The van der Waals surface area contributed by atoms with Gasteiger partial charge < -0.3 is 10.2 Å². The van der Waals surface area contributed by atoms with Crippen LogP contribution < -0.4 is 5.32 Å². The number of amides is 2. The maximum atomic E-state index is 12.5. The average Bonchev–Trinajstić information content (AvgIpc) is 2.72. The van der Waals surface area contributed by atoms with Crippen LogP contribution in [0.1, 0.15) is 22.3 Å². The Morgan fingerprint density at radius 3 is 2.54 bits per heavy atom. The molecule has 2 aromatic carbocycles. The van der Waals surface area contributed by atoms with Gasteiger partial charge in [-0.15, -0.1) is 0 Å². The van der Waals surface area contributed by atoms with Gasteiger partial charge in [0.2, 0.25) is 5.91 Å². The molecule has 1 fully saturated rings. The third-order valence-corrected chi connectivity index (χ3v) is 4.94. The molecule has 0 radical (unpaired) electrons. The van der Waals surface area contributed by atoms with Crippen LogP contribution in [0.5, 0.6) is 0 Å². The maximum absolute atomic E-state index is 12.5. The molecule has 0 spiro atoms. The molecule has 1 heterocycles. The lowest BCUT2D eigenvalue weighted by atomic mass is 10.1. The minimum absolute atomic E-state index is 0.0204. The first kappa shape index (κ1) is 19.9. The van der Waals surface area contributed by atoms with Crippen LogP contribution in [-0.2, 0) is 4.79 Å².